The van der Waals surface area contributed by atoms with Crippen LogP contribution in [0.3, 0.4) is 0 Å². The summed E-state index contributed by atoms with van der Waals surface area (Å²) in [6.45, 7) is 7.57. The normalized spacial score (nSPS) is 17.0. The Bertz CT molecular complexity index is 1400. The van der Waals surface area contributed by atoms with Crippen molar-refractivity contribution in [2.45, 2.75) is 31.4 Å². The van der Waals surface area contributed by atoms with Gasteiger partial charge in [0.05, 0.1) is 24.3 Å². The summed E-state index contributed by atoms with van der Waals surface area (Å²) in [5.41, 5.74) is -3.29. The molecule has 0 unspecified atom stereocenters. The zero-order valence-corrected chi connectivity index (χ0v) is 21.6. The molecule has 2 aromatic carbocycles. The molecule has 5 rings (SSSR count). The van der Waals surface area contributed by atoms with E-state index in [1.54, 1.807) is 6.20 Å². The maximum Gasteiger partial charge on any atom is 0.534 e. The van der Waals surface area contributed by atoms with Crippen LogP contribution in [0.4, 0.5) is 19.1 Å². The van der Waals surface area contributed by atoms with Crippen molar-refractivity contribution in [3.63, 3.8) is 0 Å². The lowest BCUT2D eigenvalue weighted by Crippen LogP contribution is -2.66. The molecule has 1 spiro atoms. The fourth-order valence-electron chi connectivity index (χ4n) is 4.49. The molecule has 2 aliphatic rings. The van der Waals surface area contributed by atoms with Gasteiger partial charge in [-0.05, 0) is 41.5 Å². The van der Waals surface area contributed by atoms with Crippen LogP contribution in [0.25, 0.3) is 0 Å². The SMILES string of the molecule is CC(C)(c1ccc(OCc2ccnc(N3CC4(COC4)C3)n2)cc1)c1ccc(OS(=O)(=O)C(F)(F)F)cc1. The lowest BCUT2D eigenvalue weighted by Gasteiger charge is -2.54. The van der Waals surface area contributed by atoms with Crippen LogP contribution < -0.4 is 13.8 Å². The molecule has 1 aromatic heterocycles. The van der Waals surface area contributed by atoms with E-state index in [2.05, 4.69) is 19.1 Å². The van der Waals surface area contributed by atoms with Gasteiger partial charge in [-0.25, -0.2) is 9.97 Å². The van der Waals surface area contributed by atoms with Gasteiger partial charge in [0.15, 0.2) is 0 Å². The Morgan fingerprint density at radius 1 is 0.947 bits per heavy atom. The number of aromatic nitrogens is 2. The molecular weight excluding hydrogens is 523 g/mol. The summed E-state index contributed by atoms with van der Waals surface area (Å²) in [7, 11) is -5.72. The molecule has 0 radical (unpaired) electrons. The van der Waals surface area contributed by atoms with Crippen molar-refractivity contribution >= 4 is 16.1 Å². The molecule has 8 nitrogen and oxygen atoms in total. The predicted octanol–water partition coefficient (Wildman–Crippen LogP) is 4.45. The molecule has 2 aliphatic heterocycles. The minimum absolute atomic E-state index is 0.273. The Morgan fingerprint density at radius 3 is 2.05 bits per heavy atom. The third kappa shape index (κ3) is 5.14. The molecule has 3 heterocycles. The van der Waals surface area contributed by atoms with Crippen molar-refractivity contribution < 1.29 is 35.2 Å². The van der Waals surface area contributed by atoms with Gasteiger partial charge in [0, 0.05) is 24.7 Å². The number of hydrogen-bond donors (Lipinski definition) is 0. The minimum atomic E-state index is -5.72. The molecule has 3 aromatic rings. The van der Waals surface area contributed by atoms with Crippen LogP contribution in [-0.2, 0) is 26.9 Å². The molecule has 2 saturated heterocycles. The van der Waals surface area contributed by atoms with Crippen molar-refractivity contribution in [2.24, 2.45) is 5.41 Å². The average Bonchev–Trinajstić information content (AvgIpc) is 2.81. The second-order valence-corrected chi connectivity index (χ2v) is 11.7. The molecule has 0 amide bonds. The van der Waals surface area contributed by atoms with E-state index in [0.717, 1.165) is 43.1 Å². The molecule has 0 N–H and O–H groups in total. The maximum atomic E-state index is 12.6. The summed E-state index contributed by atoms with van der Waals surface area (Å²) in [6.07, 6.45) is 1.73. The fourth-order valence-corrected chi connectivity index (χ4v) is 4.95. The van der Waals surface area contributed by atoms with E-state index in [9.17, 15) is 21.6 Å². The van der Waals surface area contributed by atoms with Gasteiger partial charge in [-0.15, -0.1) is 0 Å². The fraction of sp³-hybridized carbons (Fsp3) is 0.385. The van der Waals surface area contributed by atoms with Gasteiger partial charge in [0.2, 0.25) is 5.95 Å². The number of anilines is 1. The van der Waals surface area contributed by atoms with E-state index in [1.165, 1.54) is 24.3 Å². The summed E-state index contributed by atoms with van der Waals surface area (Å²) in [6, 6.07) is 14.8. The first-order valence-electron chi connectivity index (χ1n) is 11.9. The average molecular weight is 550 g/mol. The van der Waals surface area contributed by atoms with E-state index in [1.807, 2.05) is 44.2 Å². The molecule has 2 fully saturated rings. The molecular formula is C26H26F3N3O5S. The van der Waals surface area contributed by atoms with Gasteiger partial charge < -0.3 is 18.6 Å². The topological polar surface area (TPSA) is 90.8 Å². The van der Waals surface area contributed by atoms with Gasteiger partial charge >= 0.3 is 15.6 Å². The van der Waals surface area contributed by atoms with Crippen LogP contribution >= 0.6 is 0 Å². The molecule has 0 saturated carbocycles. The number of ether oxygens (including phenoxy) is 2. The van der Waals surface area contributed by atoms with E-state index in [0.29, 0.717) is 11.7 Å². The highest BCUT2D eigenvalue weighted by atomic mass is 32.2. The van der Waals surface area contributed by atoms with Crippen LogP contribution in [-0.4, -0.2) is 50.2 Å². The van der Waals surface area contributed by atoms with Gasteiger partial charge in [0.25, 0.3) is 0 Å². The summed E-state index contributed by atoms with van der Waals surface area (Å²) < 4.78 is 75.6. The number of hydrogen-bond acceptors (Lipinski definition) is 8. The molecule has 0 bridgehead atoms. The maximum absolute atomic E-state index is 12.6. The van der Waals surface area contributed by atoms with Crippen LogP contribution in [0, 0.1) is 5.41 Å². The second kappa shape index (κ2) is 9.42. The monoisotopic (exact) mass is 549 g/mol. The quantitative estimate of drug-likeness (QED) is 0.301. The minimum Gasteiger partial charge on any atom is -0.487 e. The number of halogens is 3. The van der Waals surface area contributed by atoms with Gasteiger partial charge in [-0.1, -0.05) is 38.1 Å². The third-order valence-corrected chi connectivity index (χ3v) is 7.86. The van der Waals surface area contributed by atoms with Crippen LogP contribution in [0.2, 0.25) is 0 Å². The lowest BCUT2D eigenvalue weighted by molar-refractivity contribution is -0.127. The number of benzene rings is 2. The summed E-state index contributed by atoms with van der Waals surface area (Å²) >= 11 is 0. The number of nitrogens with zero attached hydrogens (tertiary/aromatic N) is 3. The van der Waals surface area contributed by atoms with E-state index < -0.39 is 26.8 Å². The molecule has 12 heteroatoms. The smallest absolute Gasteiger partial charge is 0.487 e. The summed E-state index contributed by atoms with van der Waals surface area (Å²) in [5.74, 6) is 0.928. The summed E-state index contributed by atoms with van der Waals surface area (Å²) in [4.78, 5) is 11.1. The predicted molar refractivity (Wildman–Crippen MR) is 132 cm³/mol. The van der Waals surface area contributed by atoms with Crippen molar-refractivity contribution in [1.82, 2.24) is 9.97 Å². The van der Waals surface area contributed by atoms with Crippen molar-refractivity contribution in [3.05, 3.63) is 77.6 Å². The Labute approximate surface area is 218 Å². The van der Waals surface area contributed by atoms with Crippen LogP contribution in [0.15, 0.2) is 60.8 Å². The number of rotatable bonds is 8. The first-order chi connectivity index (χ1) is 17.9. The standard InChI is InChI=1S/C26H26F3N3O5S/c1-24(2,19-5-9-22(10-6-19)37-38(33,34)26(27,28)29)18-3-7-21(8-4-18)36-13-20-11-12-30-23(31-20)32-14-25(15-32)16-35-17-25/h3-12H,13-17H2,1-2H3. The Hall–Kier alpha value is -3.38. The Kier molecular flexibility index (Phi) is 6.50. The van der Waals surface area contributed by atoms with Gasteiger partial charge in [-0.3, -0.25) is 0 Å². The highest BCUT2D eigenvalue weighted by Crippen LogP contribution is 2.39. The highest BCUT2D eigenvalue weighted by molar-refractivity contribution is 7.88. The van der Waals surface area contributed by atoms with Gasteiger partial charge in [0.1, 0.15) is 18.1 Å². The second-order valence-electron chi connectivity index (χ2n) is 10.1. The van der Waals surface area contributed by atoms with Crippen molar-refractivity contribution in [2.75, 3.05) is 31.2 Å². The highest BCUT2D eigenvalue weighted by Gasteiger charge is 2.50. The summed E-state index contributed by atoms with van der Waals surface area (Å²) in [5, 5.41) is 0. The first kappa shape index (κ1) is 26.2. The molecule has 0 aliphatic carbocycles. The van der Waals surface area contributed by atoms with Crippen molar-refractivity contribution in [1.29, 1.82) is 0 Å². The van der Waals surface area contributed by atoms with Crippen LogP contribution in [0.1, 0.15) is 30.7 Å². The van der Waals surface area contributed by atoms with Crippen LogP contribution in [0.5, 0.6) is 11.5 Å². The molecule has 38 heavy (non-hydrogen) atoms. The number of alkyl halides is 3. The lowest BCUT2D eigenvalue weighted by atomic mass is 9.78. The first-order valence-corrected chi connectivity index (χ1v) is 13.3. The third-order valence-electron chi connectivity index (χ3n) is 6.88. The molecule has 202 valence electrons. The Balaban J connectivity index is 1.20. The van der Waals surface area contributed by atoms with E-state index in [-0.39, 0.29) is 12.0 Å². The van der Waals surface area contributed by atoms with E-state index >= 15 is 0 Å². The molecule has 0 atom stereocenters. The Morgan fingerprint density at radius 2 is 1.53 bits per heavy atom. The van der Waals surface area contributed by atoms with Crippen molar-refractivity contribution in [3.8, 4) is 11.5 Å². The zero-order chi connectivity index (χ0) is 27.2. The van der Waals surface area contributed by atoms with Gasteiger partial charge in [-0.2, -0.15) is 21.6 Å². The largest absolute Gasteiger partial charge is 0.534 e. The van der Waals surface area contributed by atoms with E-state index in [4.69, 9.17) is 9.47 Å². The zero-order valence-electron chi connectivity index (χ0n) is 20.7.